The summed E-state index contributed by atoms with van der Waals surface area (Å²) in [7, 11) is 0. The zero-order valence-electron chi connectivity index (χ0n) is 11.3. The first-order valence-electron chi connectivity index (χ1n) is 6.16. The second-order valence-electron chi connectivity index (χ2n) is 4.91. The van der Waals surface area contributed by atoms with Crippen molar-refractivity contribution in [2.75, 3.05) is 0 Å². The number of hydrogen-bond donors (Lipinski definition) is 0. The Morgan fingerprint density at radius 3 is 2.11 bits per heavy atom. The van der Waals surface area contributed by atoms with Crippen LogP contribution in [0.1, 0.15) is 38.1 Å². The summed E-state index contributed by atoms with van der Waals surface area (Å²) in [5.41, 5.74) is 0.561. The molecule has 0 aromatic heterocycles. The third-order valence-electron chi connectivity index (χ3n) is 2.60. The van der Waals surface area contributed by atoms with Crippen LogP contribution in [0, 0.1) is 23.2 Å². The number of Topliss-reactive ketones (excluding diaryl/α,β-unsaturated/α-hetero) is 1. The van der Waals surface area contributed by atoms with Crippen LogP contribution in [-0.2, 0) is 0 Å². The number of ketones is 1. The Hall–Kier alpha value is -1.82. The van der Waals surface area contributed by atoms with Crippen LogP contribution in [0.25, 0.3) is 0 Å². The maximum absolute atomic E-state index is 12.1. The van der Waals surface area contributed by atoms with E-state index in [1.165, 1.54) is 0 Å². The van der Waals surface area contributed by atoms with Crippen LogP contribution in [-0.4, -0.2) is 11.9 Å². The van der Waals surface area contributed by atoms with E-state index in [0.717, 1.165) is 5.75 Å². The molecule has 0 aliphatic heterocycles. The van der Waals surface area contributed by atoms with Gasteiger partial charge in [0, 0.05) is 5.56 Å². The number of ether oxygens (including phenoxy) is 1. The fourth-order valence-corrected chi connectivity index (χ4v) is 1.66. The molecule has 0 fully saturated rings. The standard InChI is InChI=1S/C15H19NO2/c1-10(2)14(9-16)15(17)12-5-7-13(8-6-12)18-11(3)4/h5-8,10-11,14H,1-4H3. The van der Waals surface area contributed by atoms with Crippen molar-refractivity contribution in [2.24, 2.45) is 11.8 Å². The van der Waals surface area contributed by atoms with Crippen LogP contribution < -0.4 is 4.74 Å². The molecule has 0 saturated heterocycles. The molecule has 0 radical (unpaired) electrons. The van der Waals surface area contributed by atoms with Crippen LogP contribution >= 0.6 is 0 Å². The van der Waals surface area contributed by atoms with Crippen LogP contribution in [0.4, 0.5) is 0 Å². The molecule has 1 aromatic rings. The number of rotatable bonds is 5. The molecule has 1 aromatic carbocycles. The highest BCUT2D eigenvalue weighted by molar-refractivity contribution is 5.99. The van der Waals surface area contributed by atoms with Gasteiger partial charge >= 0.3 is 0 Å². The number of nitriles is 1. The Kier molecular flexibility index (Phi) is 4.91. The molecular weight excluding hydrogens is 226 g/mol. The van der Waals surface area contributed by atoms with E-state index in [4.69, 9.17) is 10.00 Å². The van der Waals surface area contributed by atoms with Crippen LogP contribution in [0.2, 0.25) is 0 Å². The van der Waals surface area contributed by atoms with Crippen molar-refractivity contribution in [2.45, 2.75) is 33.8 Å². The van der Waals surface area contributed by atoms with E-state index in [2.05, 4.69) is 6.07 Å². The lowest BCUT2D eigenvalue weighted by atomic mass is 9.89. The first kappa shape index (κ1) is 14.2. The van der Waals surface area contributed by atoms with Crippen molar-refractivity contribution in [3.63, 3.8) is 0 Å². The number of hydrogen-bond acceptors (Lipinski definition) is 3. The zero-order valence-corrected chi connectivity index (χ0v) is 11.3. The number of carbonyl (C=O) groups is 1. The Bertz CT molecular complexity index is 441. The first-order chi connectivity index (χ1) is 8.45. The fraction of sp³-hybridized carbons (Fsp3) is 0.467. The van der Waals surface area contributed by atoms with Gasteiger partial charge in [0.1, 0.15) is 11.7 Å². The molecule has 0 spiro atoms. The quantitative estimate of drug-likeness (QED) is 0.746. The topological polar surface area (TPSA) is 50.1 Å². The summed E-state index contributed by atoms with van der Waals surface area (Å²) in [4.78, 5) is 12.1. The summed E-state index contributed by atoms with van der Waals surface area (Å²) in [5, 5.41) is 9.01. The van der Waals surface area contributed by atoms with Crippen LogP contribution in [0.15, 0.2) is 24.3 Å². The Morgan fingerprint density at radius 1 is 1.17 bits per heavy atom. The molecule has 3 heteroatoms. The number of carbonyl (C=O) groups excluding carboxylic acids is 1. The first-order valence-corrected chi connectivity index (χ1v) is 6.16. The normalized spacial score (nSPS) is 12.3. The minimum Gasteiger partial charge on any atom is -0.491 e. The van der Waals surface area contributed by atoms with Crippen molar-refractivity contribution >= 4 is 5.78 Å². The molecule has 0 bridgehead atoms. The zero-order chi connectivity index (χ0) is 13.7. The Labute approximate surface area is 108 Å². The van der Waals surface area contributed by atoms with E-state index < -0.39 is 5.92 Å². The second kappa shape index (κ2) is 6.20. The predicted molar refractivity (Wildman–Crippen MR) is 70.5 cm³/mol. The molecule has 1 rings (SSSR count). The van der Waals surface area contributed by atoms with Gasteiger partial charge in [-0.2, -0.15) is 5.26 Å². The number of nitrogens with zero attached hydrogens (tertiary/aromatic N) is 1. The molecule has 0 aliphatic carbocycles. The van der Waals surface area contributed by atoms with Gasteiger partial charge in [-0.25, -0.2) is 0 Å². The van der Waals surface area contributed by atoms with Crippen LogP contribution in [0.5, 0.6) is 5.75 Å². The fourth-order valence-electron chi connectivity index (χ4n) is 1.66. The molecule has 1 atom stereocenters. The maximum atomic E-state index is 12.1. The smallest absolute Gasteiger partial charge is 0.180 e. The molecule has 3 nitrogen and oxygen atoms in total. The Balaban J connectivity index is 2.85. The molecule has 0 heterocycles. The summed E-state index contributed by atoms with van der Waals surface area (Å²) < 4.78 is 5.51. The van der Waals surface area contributed by atoms with Crippen LogP contribution in [0.3, 0.4) is 0 Å². The predicted octanol–water partition coefficient (Wildman–Crippen LogP) is 3.45. The van der Waals surface area contributed by atoms with Gasteiger partial charge < -0.3 is 4.74 Å². The summed E-state index contributed by atoms with van der Waals surface area (Å²) in [6.07, 6.45) is 0.106. The summed E-state index contributed by atoms with van der Waals surface area (Å²) in [6, 6.07) is 9.03. The highest BCUT2D eigenvalue weighted by Gasteiger charge is 2.22. The summed E-state index contributed by atoms with van der Waals surface area (Å²) in [5.74, 6) is 0.0548. The van der Waals surface area contributed by atoms with Gasteiger partial charge in [-0.05, 0) is 44.0 Å². The van der Waals surface area contributed by atoms with Gasteiger partial charge in [0.25, 0.3) is 0 Å². The minimum atomic E-state index is -0.582. The van der Waals surface area contributed by atoms with E-state index in [1.54, 1.807) is 24.3 Å². The van der Waals surface area contributed by atoms with Gasteiger partial charge in [-0.15, -0.1) is 0 Å². The average molecular weight is 245 g/mol. The van der Waals surface area contributed by atoms with Gasteiger partial charge in [-0.1, -0.05) is 13.8 Å². The van der Waals surface area contributed by atoms with E-state index in [-0.39, 0.29) is 17.8 Å². The molecule has 0 saturated carbocycles. The Morgan fingerprint density at radius 2 is 1.72 bits per heavy atom. The third-order valence-corrected chi connectivity index (χ3v) is 2.60. The monoisotopic (exact) mass is 245 g/mol. The van der Waals surface area contributed by atoms with Crippen molar-refractivity contribution in [3.05, 3.63) is 29.8 Å². The van der Waals surface area contributed by atoms with Crippen molar-refractivity contribution in [1.29, 1.82) is 5.26 Å². The van der Waals surface area contributed by atoms with E-state index >= 15 is 0 Å². The van der Waals surface area contributed by atoms with E-state index in [1.807, 2.05) is 27.7 Å². The highest BCUT2D eigenvalue weighted by atomic mass is 16.5. The SMILES string of the molecule is CC(C)Oc1ccc(C(=O)C(C#N)C(C)C)cc1. The molecule has 18 heavy (non-hydrogen) atoms. The molecule has 0 aliphatic rings. The largest absolute Gasteiger partial charge is 0.491 e. The summed E-state index contributed by atoms with van der Waals surface area (Å²) >= 11 is 0. The lowest BCUT2D eigenvalue weighted by Gasteiger charge is -2.13. The molecule has 0 N–H and O–H groups in total. The van der Waals surface area contributed by atoms with Gasteiger partial charge in [-0.3, -0.25) is 4.79 Å². The lowest BCUT2D eigenvalue weighted by molar-refractivity contribution is 0.0924. The van der Waals surface area contributed by atoms with Gasteiger partial charge in [0.2, 0.25) is 0 Å². The third kappa shape index (κ3) is 3.59. The van der Waals surface area contributed by atoms with Crippen molar-refractivity contribution in [3.8, 4) is 11.8 Å². The maximum Gasteiger partial charge on any atom is 0.180 e. The van der Waals surface area contributed by atoms with Gasteiger partial charge in [0.05, 0.1) is 12.2 Å². The van der Waals surface area contributed by atoms with E-state index in [0.29, 0.717) is 5.56 Å². The van der Waals surface area contributed by atoms with Gasteiger partial charge in [0.15, 0.2) is 5.78 Å². The summed E-state index contributed by atoms with van der Waals surface area (Å²) in [6.45, 7) is 7.65. The minimum absolute atomic E-state index is 0.0223. The lowest BCUT2D eigenvalue weighted by Crippen LogP contribution is -2.18. The number of benzene rings is 1. The molecule has 0 amide bonds. The average Bonchev–Trinajstić information content (AvgIpc) is 2.29. The molecule has 96 valence electrons. The van der Waals surface area contributed by atoms with Crippen molar-refractivity contribution < 1.29 is 9.53 Å². The van der Waals surface area contributed by atoms with E-state index in [9.17, 15) is 4.79 Å². The molecule has 1 unspecified atom stereocenters. The molecular formula is C15H19NO2. The second-order valence-corrected chi connectivity index (χ2v) is 4.91. The highest BCUT2D eigenvalue weighted by Crippen LogP contribution is 2.19. The van der Waals surface area contributed by atoms with Crippen molar-refractivity contribution in [1.82, 2.24) is 0 Å².